The fraction of sp³-hybridized carbons (Fsp3) is 0.500. The van der Waals surface area contributed by atoms with Crippen molar-refractivity contribution in [1.29, 1.82) is 0 Å². The number of rotatable bonds is 4. The van der Waals surface area contributed by atoms with Crippen molar-refractivity contribution in [2.24, 2.45) is 0 Å². The topological polar surface area (TPSA) is 58.8 Å². The summed E-state index contributed by atoms with van der Waals surface area (Å²) in [6, 6.07) is 2.33. The van der Waals surface area contributed by atoms with E-state index in [4.69, 9.17) is 9.15 Å². The zero-order chi connectivity index (χ0) is 18.3. The van der Waals surface area contributed by atoms with Crippen LogP contribution in [0.5, 0.6) is 0 Å². The molecule has 26 heavy (non-hydrogen) atoms. The molecule has 0 amide bonds. The molecule has 2 aliphatic rings. The molecule has 6 nitrogen and oxygen atoms in total. The number of nitrogens with zero attached hydrogens (tertiary/aromatic N) is 3. The summed E-state index contributed by atoms with van der Waals surface area (Å²) in [5, 5.41) is 0. The summed E-state index contributed by atoms with van der Waals surface area (Å²) in [6.45, 7) is 9.32. The molecule has 1 fully saturated rings. The minimum Gasteiger partial charge on any atom is -0.472 e. The zero-order valence-corrected chi connectivity index (χ0v) is 15.6. The molecule has 0 aromatic carbocycles. The number of fused-ring (bicyclic) bond motifs is 1. The fourth-order valence-electron chi connectivity index (χ4n) is 3.92. The lowest BCUT2D eigenvalue weighted by atomic mass is 10.1. The van der Waals surface area contributed by atoms with Crippen LogP contribution in [0.2, 0.25) is 0 Å². The fourth-order valence-corrected chi connectivity index (χ4v) is 3.92. The van der Waals surface area contributed by atoms with Gasteiger partial charge in [0.05, 0.1) is 18.6 Å². The Hall–Kier alpha value is -2.34. The number of aryl methyl sites for hydroxylation is 1. The zero-order valence-electron chi connectivity index (χ0n) is 15.6. The first-order chi connectivity index (χ1) is 12.5. The second-order valence-corrected chi connectivity index (χ2v) is 7.50. The van der Waals surface area contributed by atoms with Crippen molar-refractivity contribution in [2.75, 3.05) is 18.0 Å². The smallest absolute Gasteiger partial charge is 0.342 e. The SMILES string of the molecule is Cc1ccnc(N2CC[C@@H](N3Cc4cocc4C3)C2)c1C(=O)OC(C)C. The molecule has 0 aliphatic carbocycles. The third-order valence-corrected chi connectivity index (χ3v) is 5.25. The second kappa shape index (κ2) is 6.76. The lowest BCUT2D eigenvalue weighted by Gasteiger charge is -2.25. The number of ether oxygens (including phenoxy) is 1. The highest BCUT2D eigenvalue weighted by Gasteiger charge is 2.34. The molecule has 0 unspecified atom stereocenters. The van der Waals surface area contributed by atoms with E-state index in [1.807, 2.05) is 39.4 Å². The molecule has 0 bridgehead atoms. The third-order valence-electron chi connectivity index (χ3n) is 5.25. The van der Waals surface area contributed by atoms with E-state index in [0.29, 0.717) is 11.6 Å². The van der Waals surface area contributed by atoms with Gasteiger partial charge in [-0.05, 0) is 38.8 Å². The maximum absolute atomic E-state index is 12.6. The van der Waals surface area contributed by atoms with Gasteiger partial charge in [0.1, 0.15) is 11.4 Å². The third kappa shape index (κ3) is 3.09. The summed E-state index contributed by atoms with van der Waals surface area (Å²) in [4.78, 5) is 21.8. The minimum absolute atomic E-state index is 0.144. The number of carbonyl (C=O) groups excluding carboxylic acids is 1. The van der Waals surface area contributed by atoms with Crippen LogP contribution < -0.4 is 4.90 Å². The van der Waals surface area contributed by atoms with Gasteiger partial charge in [-0.15, -0.1) is 0 Å². The van der Waals surface area contributed by atoms with E-state index < -0.39 is 0 Å². The molecule has 1 saturated heterocycles. The van der Waals surface area contributed by atoms with Gasteiger partial charge in [0, 0.05) is 49.5 Å². The maximum Gasteiger partial charge on any atom is 0.342 e. The Kier molecular flexibility index (Phi) is 4.44. The first-order valence-corrected chi connectivity index (χ1v) is 9.22. The van der Waals surface area contributed by atoms with Gasteiger partial charge in [-0.25, -0.2) is 9.78 Å². The van der Waals surface area contributed by atoms with Crippen molar-refractivity contribution in [3.63, 3.8) is 0 Å². The Bertz CT molecular complexity index is 794. The predicted molar refractivity (Wildman–Crippen MR) is 98.1 cm³/mol. The molecule has 2 aromatic heterocycles. The minimum atomic E-state index is -0.285. The van der Waals surface area contributed by atoms with Crippen LogP contribution in [-0.4, -0.2) is 41.1 Å². The number of hydrogen-bond donors (Lipinski definition) is 0. The van der Waals surface area contributed by atoms with Crippen molar-refractivity contribution in [3.8, 4) is 0 Å². The van der Waals surface area contributed by atoms with Gasteiger partial charge in [-0.3, -0.25) is 4.90 Å². The van der Waals surface area contributed by atoms with Gasteiger partial charge >= 0.3 is 5.97 Å². The lowest BCUT2D eigenvalue weighted by molar-refractivity contribution is 0.0377. The number of pyridine rings is 1. The Morgan fingerprint density at radius 1 is 1.31 bits per heavy atom. The van der Waals surface area contributed by atoms with E-state index in [-0.39, 0.29) is 12.1 Å². The van der Waals surface area contributed by atoms with Crippen LogP contribution in [0, 0.1) is 6.92 Å². The monoisotopic (exact) mass is 355 g/mol. The highest BCUT2D eigenvalue weighted by molar-refractivity contribution is 5.96. The van der Waals surface area contributed by atoms with Crippen LogP contribution in [0.3, 0.4) is 0 Å². The normalized spacial score (nSPS) is 20.0. The van der Waals surface area contributed by atoms with Gasteiger partial charge in [0.25, 0.3) is 0 Å². The molecule has 2 aliphatic heterocycles. The summed E-state index contributed by atoms with van der Waals surface area (Å²) >= 11 is 0. The standard InChI is InChI=1S/C20H25N3O3/c1-13(2)26-20(24)18-14(3)4-6-21-19(18)22-7-5-17(10-22)23-8-15-11-25-12-16(15)9-23/h4,6,11-13,17H,5,7-10H2,1-3H3/t17-/m1/s1. The summed E-state index contributed by atoms with van der Waals surface area (Å²) in [7, 11) is 0. The first kappa shape index (κ1) is 17.1. The molecule has 1 atom stereocenters. The Morgan fingerprint density at radius 3 is 2.73 bits per heavy atom. The van der Waals surface area contributed by atoms with Gasteiger partial charge < -0.3 is 14.1 Å². The summed E-state index contributed by atoms with van der Waals surface area (Å²) in [5.41, 5.74) is 4.09. The Balaban J connectivity index is 1.51. The lowest BCUT2D eigenvalue weighted by Crippen LogP contribution is -2.34. The quantitative estimate of drug-likeness (QED) is 0.786. The first-order valence-electron chi connectivity index (χ1n) is 9.22. The molecule has 0 N–H and O–H groups in total. The molecular weight excluding hydrogens is 330 g/mol. The van der Waals surface area contributed by atoms with Gasteiger partial charge in [-0.2, -0.15) is 0 Å². The number of carbonyl (C=O) groups is 1. The summed E-state index contributed by atoms with van der Waals surface area (Å²) in [5.74, 6) is 0.464. The maximum atomic E-state index is 12.6. The van der Waals surface area contributed by atoms with Gasteiger partial charge in [0.2, 0.25) is 0 Å². The van der Waals surface area contributed by atoms with Gasteiger partial charge in [-0.1, -0.05) is 0 Å². The van der Waals surface area contributed by atoms with Crippen LogP contribution in [0.4, 0.5) is 5.82 Å². The van der Waals surface area contributed by atoms with E-state index in [1.54, 1.807) is 6.20 Å². The number of furan rings is 1. The molecule has 4 rings (SSSR count). The number of aromatic nitrogens is 1. The average molecular weight is 355 g/mol. The van der Waals surface area contributed by atoms with E-state index in [2.05, 4.69) is 14.8 Å². The van der Waals surface area contributed by atoms with Crippen molar-refractivity contribution in [1.82, 2.24) is 9.88 Å². The highest BCUT2D eigenvalue weighted by Crippen LogP contribution is 2.31. The molecule has 4 heterocycles. The van der Waals surface area contributed by atoms with Crippen LogP contribution in [0.25, 0.3) is 0 Å². The van der Waals surface area contributed by atoms with Crippen LogP contribution in [-0.2, 0) is 17.8 Å². The molecule has 2 aromatic rings. The molecular formula is C20H25N3O3. The largest absolute Gasteiger partial charge is 0.472 e. The molecule has 0 saturated carbocycles. The van der Waals surface area contributed by atoms with E-state index >= 15 is 0 Å². The second-order valence-electron chi connectivity index (χ2n) is 7.50. The van der Waals surface area contributed by atoms with E-state index in [1.165, 1.54) is 11.1 Å². The number of hydrogen-bond acceptors (Lipinski definition) is 6. The van der Waals surface area contributed by atoms with Crippen molar-refractivity contribution < 1.29 is 13.9 Å². The highest BCUT2D eigenvalue weighted by atomic mass is 16.5. The van der Waals surface area contributed by atoms with Crippen molar-refractivity contribution in [2.45, 2.75) is 52.4 Å². The van der Waals surface area contributed by atoms with Crippen LogP contribution in [0.15, 0.2) is 29.2 Å². The molecule has 6 heteroatoms. The molecule has 0 radical (unpaired) electrons. The molecule has 138 valence electrons. The van der Waals surface area contributed by atoms with Crippen molar-refractivity contribution >= 4 is 11.8 Å². The van der Waals surface area contributed by atoms with E-state index in [9.17, 15) is 4.79 Å². The number of esters is 1. The molecule has 0 spiro atoms. The van der Waals surface area contributed by atoms with Crippen LogP contribution >= 0.6 is 0 Å². The van der Waals surface area contributed by atoms with Crippen molar-refractivity contribution in [3.05, 3.63) is 47.0 Å². The Morgan fingerprint density at radius 2 is 2.04 bits per heavy atom. The average Bonchev–Trinajstić information content (AvgIpc) is 3.29. The van der Waals surface area contributed by atoms with Crippen LogP contribution in [0.1, 0.15) is 47.3 Å². The Labute approximate surface area is 153 Å². The predicted octanol–water partition coefficient (Wildman–Crippen LogP) is 3.14. The van der Waals surface area contributed by atoms with Gasteiger partial charge in [0.15, 0.2) is 0 Å². The summed E-state index contributed by atoms with van der Waals surface area (Å²) < 4.78 is 10.7. The number of anilines is 1. The summed E-state index contributed by atoms with van der Waals surface area (Å²) in [6.07, 6.45) is 6.40. The van der Waals surface area contributed by atoms with E-state index in [0.717, 1.165) is 44.0 Å².